The average molecular weight is 363 g/mol. The minimum absolute atomic E-state index is 0.113. The minimum atomic E-state index is -3.83. The molecule has 1 fully saturated rings. The highest BCUT2D eigenvalue weighted by Crippen LogP contribution is 2.33. The number of furan rings is 1. The maximum absolute atomic E-state index is 12.9. The standard InChI is InChI=1S/C17H21N3O4S/c1-2-12-6-9-16(24-12)15-5-3-4-10-20(15)17(21)14-8-7-13(11-19-14)25(18,22)23/h6-9,11,15H,2-5,10H2,1H3,(H2,18,22,23). The lowest BCUT2D eigenvalue weighted by Gasteiger charge is -2.34. The highest BCUT2D eigenvalue weighted by molar-refractivity contribution is 7.89. The van der Waals surface area contributed by atoms with Crippen LogP contribution >= 0.6 is 0 Å². The van der Waals surface area contributed by atoms with E-state index in [4.69, 9.17) is 9.56 Å². The summed E-state index contributed by atoms with van der Waals surface area (Å²) in [5, 5.41) is 5.06. The number of aryl methyl sites for hydroxylation is 1. The molecular formula is C17H21N3O4S. The Bertz CT molecular complexity index is 858. The Morgan fingerprint density at radius 2 is 2.12 bits per heavy atom. The van der Waals surface area contributed by atoms with Gasteiger partial charge in [-0.1, -0.05) is 6.92 Å². The van der Waals surface area contributed by atoms with Crippen LogP contribution in [0.25, 0.3) is 0 Å². The molecule has 1 saturated heterocycles. The van der Waals surface area contributed by atoms with Gasteiger partial charge in [-0.2, -0.15) is 0 Å². The van der Waals surface area contributed by atoms with E-state index in [1.807, 2.05) is 19.1 Å². The van der Waals surface area contributed by atoms with Crippen LogP contribution in [0, 0.1) is 0 Å². The van der Waals surface area contributed by atoms with E-state index in [1.54, 1.807) is 4.90 Å². The van der Waals surface area contributed by atoms with Gasteiger partial charge in [0, 0.05) is 19.2 Å². The number of aromatic nitrogens is 1. The first kappa shape index (κ1) is 17.6. The summed E-state index contributed by atoms with van der Waals surface area (Å²) < 4.78 is 28.5. The summed E-state index contributed by atoms with van der Waals surface area (Å²) in [5.41, 5.74) is 0.196. The SMILES string of the molecule is CCc1ccc(C2CCCCN2C(=O)c2ccc(S(N)(=O)=O)cn2)o1. The van der Waals surface area contributed by atoms with Crippen LogP contribution in [0.2, 0.25) is 0 Å². The third-order valence-electron chi connectivity index (χ3n) is 4.41. The Labute approximate surface area is 146 Å². The molecule has 0 spiro atoms. The second-order valence-corrected chi connectivity index (χ2v) is 7.65. The van der Waals surface area contributed by atoms with Crippen LogP contribution in [0.5, 0.6) is 0 Å². The van der Waals surface area contributed by atoms with Gasteiger partial charge in [-0.15, -0.1) is 0 Å². The molecule has 1 aliphatic rings. The van der Waals surface area contributed by atoms with Crippen LogP contribution < -0.4 is 5.14 Å². The number of pyridine rings is 1. The van der Waals surface area contributed by atoms with Crippen molar-refractivity contribution < 1.29 is 17.6 Å². The van der Waals surface area contributed by atoms with E-state index in [9.17, 15) is 13.2 Å². The van der Waals surface area contributed by atoms with Gasteiger partial charge >= 0.3 is 0 Å². The molecule has 0 aliphatic carbocycles. The number of hydrogen-bond donors (Lipinski definition) is 1. The molecule has 2 aromatic heterocycles. The molecule has 0 radical (unpaired) electrons. The Morgan fingerprint density at radius 3 is 2.72 bits per heavy atom. The van der Waals surface area contributed by atoms with Gasteiger partial charge in [0.15, 0.2) is 0 Å². The molecular weight excluding hydrogens is 342 g/mol. The zero-order valence-electron chi connectivity index (χ0n) is 14.0. The van der Waals surface area contributed by atoms with Crippen molar-refractivity contribution in [3.63, 3.8) is 0 Å². The predicted molar refractivity (Wildman–Crippen MR) is 91.3 cm³/mol. The smallest absolute Gasteiger partial charge is 0.273 e. The van der Waals surface area contributed by atoms with Crippen molar-refractivity contribution in [3.8, 4) is 0 Å². The first-order chi connectivity index (χ1) is 11.9. The van der Waals surface area contributed by atoms with Gasteiger partial charge in [-0.05, 0) is 43.5 Å². The van der Waals surface area contributed by atoms with Crippen LogP contribution in [0.3, 0.4) is 0 Å². The van der Waals surface area contributed by atoms with Gasteiger partial charge in [0.2, 0.25) is 10.0 Å². The first-order valence-corrected chi connectivity index (χ1v) is 9.83. The van der Waals surface area contributed by atoms with Crippen LogP contribution in [0.4, 0.5) is 0 Å². The van der Waals surface area contributed by atoms with Crippen molar-refractivity contribution in [1.82, 2.24) is 9.88 Å². The molecule has 0 aromatic carbocycles. The Morgan fingerprint density at radius 1 is 1.32 bits per heavy atom. The first-order valence-electron chi connectivity index (χ1n) is 8.28. The monoisotopic (exact) mass is 363 g/mol. The summed E-state index contributed by atoms with van der Waals surface area (Å²) in [6, 6.07) is 6.43. The number of carbonyl (C=O) groups excluding carboxylic acids is 1. The van der Waals surface area contributed by atoms with E-state index < -0.39 is 10.0 Å². The molecule has 0 bridgehead atoms. The van der Waals surface area contributed by atoms with Gasteiger partial charge in [0.05, 0.1) is 6.04 Å². The summed E-state index contributed by atoms with van der Waals surface area (Å²) in [6.45, 7) is 2.63. The summed E-state index contributed by atoms with van der Waals surface area (Å²) in [4.78, 5) is 18.5. The van der Waals surface area contributed by atoms with E-state index in [0.717, 1.165) is 43.4 Å². The Hall–Kier alpha value is -2.19. The number of carbonyl (C=O) groups is 1. The van der Waals surface area contributed by atoms with Crippen LogP contribution in [0.15, 0.2) is 39.8 Å². The van der Waals surface area contributed by atoms with E-state index in [1.165, 1.54) is 12.1 Å². The lowest BCUT2D eigenvalue weighted by molar-refractivity contribution is 0.0572. The zero-order valence-corrected chi connectivity index (χ0v) is 14.8. The van der Waals surface area contributed by atoms with Crippen molar-refractivity contribution in [2.45, 2.75) is 43.5 Å². The van der Waals surface area contributed by atoms with Gasteiger partial charge in [0.25, 0.3) is 5.91 Å². The topological polar surface area (TPSA) is 106 Å². The normalized spacial score (nSPS) is 18.3. The van der Waals surface area contributed by atoms with Gasteiger partial charge < -0.3 is 9.32 Å². The Kier molecular flexibility index (Phi) is 4.91. The number of sulfonamides is 1. The third kappa shape index (κ3) is 3.74. The molecule has 2 N–H and O–H groups in total. The quantitative estimate of drug-likeness (QED) is 0.896. The van der Waals surface area contributed by atoms with Gasteiger partial charge in [-0.3, -0.25) is 4.79 Å². The minimum Gasteiger partial charge on any atom is -0.464 e. The molecule has 1 unspecified atom stereocenters. The number of hydrogen-bond acceptors (Lipinski definition) is 5. The fraction of sp³-hybridized carbons (Fsp3) is 0.412. The molecule has 1 amide bonds. The summed E-state index contributed by atoms with van der Waals surface area (Å²) >= 11 is 0. The molecule has 0 saturated carbocycles. The highest BCUT2D eigenvalue weighted by atomic mass is 32.2. The van der Waals surface area contributed by atoms with E-state index >= 15 is 0 Å². The fourth-order valence-corrected chi connectivity index (χ4v) is 3.51. The molecule has 3 heterocycles. The van der Waals surface area contributed by atoms with Crippen molar-refractivity contribution in [2.75, 3.05) is 6.54 Å². The van der Waals surface area contributed by atoms with Crippen LogP contribution in [-0.2, 0) is 16.4 Å². The largest absolute Gasteiger partial charge is 0.464 e. The van der Waals surface area contributed by atoms with Crippen molar-refractivity contribution in [1.29, 1.82) is 0 Å². The highest BCUT2D eigenvalue weighted by Gasteiger charge is 2.31. The molecule has 134 valence electrons. The lowest BCUT2D eigenvalue weighted by atomic mass is 9.99. The molecule has 3 rings (SSSR count). The predicted octanol–water partition coefficient (Wildman–Crippen LogP) is 2.25. The van der Waals surface area contributed by atoms with E-state index in [-0.39, 0.29) is 22.5 Å². The number of piperidine rings is 1. The van der Waals surface area contributed by atoms with Crippen LogP contribution in [-0.4, -0.2) is 30.8 Å². The molecule has 1 aliphatic heterocycles. The number of nitrogens with two attached hydrogens (primary N) is 1. The summed E-state index contributed by atoms with van der Waals surface area (Å²) in [6.07, 6.45) is 4.69. The molecule has 25 heavy (non-hydrogen) atoms. The third-order valence-corrected chi connectivity index (χ3v) is 5.31. The van der Waals surface area contributed by atoms with Crippen molar-refractivity contribution in [2.24, 2.45) is 5.14 Å². The van der Waals surface area contributed by atoms with Gasteiger partial charge in [0.1, 0.15) is 22.1 Å². The van der Waals surface area contributed by atoms with Gasteiger partial charge in [-0.25, -0.2) is 18.5 Å². The number of primary sulfonamides is 1. The fourth-order valence-electron chi connectivity index (χ4n) is 3.06. The molecule has 7 nitrogen and oxygen atoms in total. The van der Waals surface area contributed by atoms with Crippen molar-refractivity contribution >= 4 is 15.9 Å². The van der Waals surface area contributed by atoms with Crippen LogP contribution in [0.1, 0.15) is 54.2 Å². The lowest BCUT2D eigenvalue weighted by Crippen LogP contribution is -2.38. The molecule has 8 heteroatoms. The van der Waals surface area contributed by atoms with Crippen molar-refractivity contribution in [3.05, 3.63) is 47.7 Å². The maximum atomic E-state index is 12.9. The number of rotatable bonds is 4. The second kappa shape index (κ2) is 6.97. The average Bonchev–Trinajstić information content (AvgIpc) is 3.09. The summed E-state index contributed by atoms with van der Waals surface area (Å²) in [5.74, 6) is 1.44. The molecule has 2 aromatic rings. The number of likely N-dealkylation sites (tertiary alicyclic amines) is 1. The van der Waals surface area contributed by atoms with E-state index in [2.05, 4.69) is 4.98 Å². The maximum Gasteiger partial charge on any atom is 0.273 e. The summed E-state index contributed by atoms with van der Waals surface area (Å²) in [7, 11) is -3.83. The number of amides is 1. The molecule has 1 atom stereocenters. The van der Waals surface area contributed by atoms with E-state index in [0.29, 0.717) is 6.54 Å². The second-order valence-electron chi connectivity index (χ2n) is 6.09. The zero-order chi connectivity index (χ0) is 18.0. The number of nitrogens with zero attached hydrogens (tertiary/aromatic N) is 2. The Balaban J connectivity index is 1.85.